The third kappa shape index (κ3) is 2.92. The Morgan fingerprint density at radius 3 is 1.79 bits per heavy atom. The lowest BCUT2D eigenvalue weighted by atomic mass is 9.79. The largest absolute Gasteiger partial charge is 0.497 e. The van der Waals surface area contributed by atoms with Gasteiger partial charge in [-0.05, 0) is 28.8 Å². The molecule has 3 heteroatoms. The summed E-state index contributed by atoms with van der Waals surface area (Å²) in [5.41, 5.74) is 0.326. The second-order valence-electron chi connectivity index (χ2n) is 5.67. The van der Waals surface area contributed by atoms with Crippen LogP contribution in [0.4, 0.5) is 0 Å². The van der Waals surface area contributed by atoms with E-state index in [4.69, 9.17) is 4.74 Å². The van der Waals surface area contributed by atoms with E-state index in [1.807, 2.05) is 60.7 Å². The van der Waals surface area contributed by atoms with Crippen molar-refractivity contribution in [3.05, 3.63) is 102 Å². The van der Waals surface area contributed by atoms with Crippen LogP contribution in [0.1, 0.15) is 22.8 Å². The Morgan fingerprint density at radius 2 is 1.25 bits per heavy atom. The zero-order valence-electron chi connectivity index (χ0n) is 13.5. The molecule has 0 aliphatic heterocycles. The highest BCUT2D eigenvalue weighted by Gasteiger charge is 2.40. The predicted molar refractivity (Wildman–Crippen MR) is 93.8 cm³/mol. The van der Waals surface area contributed by atoms with Crippen molar-refractivity contribution in [2.45, 2.75) is 11.7 Å². The van der Waals surface area contributed by atoms with Crippen LogP contribution in [0.5, 0.6) is 5.75 Å². The molecule has 0 saturated heterocycles. The van der Waals surface area contributed by atoms with Crippen LogP contribution in [0, 0.1) is 0 Å². The number of hydrogen-bond donors (Lipinski definition) is 2. The van der Waals surface area contributed by atoms with E-state index in [9.17, 15) is 10.2 Å². The van der Waals surface area contributed by atoms with Crippen molar-refractivity contribution in [1.29, 1.82) is 0 Å². The number of aliphatic hydroxyl groups is 2. The molecule has 3 nitrogen and oxygen atoms in total. The minimum atomic E-state index is -1.56. The van der Waals surface area contributed by atoms with Crippen molar-refractivity contribution < 1.29 is 14.9 Å². The summed E-state index contributed by atoms with van der Waals surface area (Å²) in [4.78, 5) is 0. The fourth-order valence-corrected chi connectivity index (χ4v) is 2.90. The second kappa shape index (κ2) is 6.87. The lowest BCUT2D eigenvalue weighted by Gasteiger charge is -2.34. The molecule has 0 aliphatic carbocycles. The lowest BCUT2D eigenvalue weighted by Crippen LogP contribution is -2.35. The van der Waals surface area contributed by atoms with Crippen molar-refractivity contribution in [2.75, 3.05) is 7.11 Å². The average Bonchev–Trinajstić information content (AvgIpc) is 2.68. The molecule has 24 heavy (non-hydrogen) atoms. The maximum Gasteiger partial charge on any atom is 0.145 e. The monoisotopic (exact) mass is 320 g/mol. The van der Waals surface area contributed by atoms with Crippen LogP contribution in [-0.2, 0) is 5.60 Å². The maximum absolute atomic E-state index is 11.5. The van der Waals surface area contributed by atoms with Crippen LogP contribution in [0.15, 0.2) is 84.9 Å². The van der Waals surface area contributed by atoms with Gasteiger partial charge in [0.15, 0.2) is 0 Å². The summed E-state index contributed by atoms with van der Waals surface area (Å²) in [6.45, 7) is 0. The van der Waals surface area contributed by atoms with Gasteiger partial charge in [0.25, 0.3) is 0 Å². The van der Waals surface area contributed by atoms with Gasteiger partial charge in [-0.3, -0.25) is 0 Å². The molecule has 0 amide bonds. The first kappa shape index (κ1) is 16.2. The van der Waals surface area contributed by atoms with Gasteiger partial charge in [-0.25, -0.2) is 0 Å². The van der Waals surface area contributed by atoms with Gasteiger partial charge in [-0.15, -0.1) is 0 Å². The third-order valence-corrected chi connectivity index (χ3v) is 4.26. The Balaban J connectivity index is 2.13. The van der Waals surface area contributed by atoms with E-state index < -0.39 is 11.7 Å². The van der Waals surface area contributed by atoms with Gasteiger partial charge in [0.05, 0.1) is 7.11 Å². The predicted octanol–water partition coefficient (Wildman–Crippen LogP) is 3.66. The Hall–Kier alpha value is -2.62. The first-order chi connectivity index (χ1) is 11.7. The Morgan fingerprint density at radius 1 is 0.750 bits per heavy atom. The van der Waals surface area contributed by atoms with E-state index >= 15 is 0 Å². The molecule has 0 heterocycles. The van der Waals surface area contributed by atoms with Crippen molar-refractivity contribution in [3.63, 3.8) is 0 Å². The summed E-state index contributed by atoms with van der Waals surface area (Å²) in [6.07, 6.45) is -1.10. The SMILES string of the molecule is COc1ccc([C@@](O)(c2ccccc2)[C@H](O)c2ccccc2)cc1. The first-order valence-electron chi connectivity index (χ1n) is 7.81. The summed E-state index contributed by atoms with van der Waals surface area (Å²) >= 11 is 0. The molecule has 3 rings (SSSR count). The number of benzene rings is 3. The number of methoxy groups -OCH3 is 1. The zero-order chi connectivity index (χ0) is 17.0. The fraction of sp³-hybridized carbons (Fsp3) is 0.143. The molecular weight excluding hydrogens is 300 g/mol. The molecule has 0 bridgehead atoms. The minimum absolute atomic E-state index is 0.603. The maximum atomic E-state index is 11.5. The highest BCUT2D eigenvalue weighted by atomic mass is 16.5. The molecular formula is C21H20O3. The van der Waals surface area contributed by atoms with Gasteiger partial charge in [0.1, 0.15) is 17.5 Å². The molecule has 0 saturated carbocycles. The molecule has 2 N–H and O–H groups in total. The van der Waals surface area contributed by atoms with Crippen molar-refractivity contribution >= 4 is 0 Å². The first-order valence-corrected chi connectivity index (χ1v) is 7.81. The topological polar surface area (TPSA) is 49.7 Å². The average molecular weight is 320 g/mol. The Kier molecular flexibility index (Phi) is 4.65. The Labute approximate surface area is 141 Å². The highest BCUT2D eigenvalue weighted by molar-refractivity contribution is 5.42. The quantitative estimate of drug-likeness (QED) is 0.754. The van der Waals surface area contributed by atoms with Crippen molar-refractivity contribution in [1.82, 2.24) is 0 Å². The van der Waals surface area contributed by atoms with Gasteiger partial charge >= 0.3 is 0 Å². The molecule has 0 aromatic heterocycles. The van der Waals surface area contributed by atoms with E-state index in [1.165, 1.54) is 0 Å². The van der Waals surface area contributed by atoms with Crippen LogP contribution >= 0.6 is 0 Å². The fourth-order valence-electron chi connectivity index (χ4n) is 2.90. The summed E-state index contributed by atoms with van der Waals surface area (Å²) in [5, 5.41) is 22.5. The number of aliphatic hydroxyl groups excluding tert-OH is 1. The summed E-state index contributed by atoms with van der Waals surface area (Å²) in [7, 11) is 1.59. The van der Waals surface area contributed by atoms with Crippen LogP contribution in [0.3, 0.4) is 0 Å². The molecule has 122 valence electrons. The highest BCUT2D eigenvalue weighted by Crippen LogP contribution is 2.41. The van der Waals surface area contributed by atoms with E-state index in [0.29, 0.717) is 22.4 Å². The number of ether oxygens (including phenoxy) is 1. The summed E-state index contributed by atoms with van der Waals surface area (Å²) in [6, 6.07) is 25.5. The third-order valence-electron chi connectivity index (χ3n) is 4.26. The molecule has 3 aromatic rings. The Bertz CT molecular complexity index is 769. The summed E-state index contributed by atoms with van der Waals surface area (Å²) in [5.74, 6) is 0.698. The number of rotatable bonds is 5. The molecule has 0 radical (unpaired) electrons. The molecule has 0 fully saturated rings. The van der Waals surface area contributed by atoms with Crippen LogP contribution in [-0.4, -0.2) is 17.3 Å². The van der Waals surface area contributed by atoms with Crippen LogP contribution in [0.25, 0.3) is 0 Å². The van der Waals surface area contributed by atoms with Gasteiger partial charge in [-0.2, -0.15) is 0 Å². The van der Waals surface area contributed by atoms with E-state index in [2.05, 4.69) is 0 Å². The number of hydrogen-bond acceptors (Lipinski definition) is 3. The summed E-state index contributed by atoms with van der Waals surface area (Å²) < 4.78 is 5.19. The van der Waals surface area contributed by atoms with E-state index in [1.54, 1.807) is 31.4 Å². The van der Waals surface area contributed by atoms with Gasteiger partial charge < -0.3 is 14.9 Å². The molecule has 2 atom stereocenters. The normalized spacial score (nSPS) is 14.6. The van der Waals surface area contributed by atoms with Crippen LogP contribution < -0.4 is 4.74 Å². The minimum Gasteiger partial charge on any atom is -0.497 e. The van der Waals surface area contributed by atoms with Gasteiger partial charge in [0, 0.05) is 0 Å². The smallest absolute Gasteiger partial charge is 0.145 e. The van der Waals surface area contributed by atoms with Crippen molar-refractivity contribution in [2.24, 2.45) is 0 Å². The van der Waals surface area contributed by atoms with E-state index in [-0.39, 0.29) is 0 Å². The van der Waals surface area contributed by atoms with E-state index in [0.717, 1.165) is 0 Å². The second-order valence-corrected chi connectivity index (χ2v) is 5.67. The van der Waals surface area contributed by atoms with Gasteiger partial charge in [-0.1, -0.05) is 72.8 Å². The standard InChI is InChI=1S/C21H20O3/c1-24-19-14-12-18(13-15-19)21(23,17-10-6-3-7-11-17)20(22)16-8-4-2-5-9-16/h2-15,20,22-23H,1H3/t20-,21+/m1/s1. The molecule has 0 spiro atoms. The molecule has 0 aliphatic rings. The lowest BCUT2D eigenvalue weighted by molar-refractivity contribution is -0.0517. The van der Waals surface area contributed by atoms with Gasteiger partial charge in [0.2, 0.25) is 0 Å². The van der Waals surface area contributed by atoms with Crippen LogP contribution in [0.2, 0.25) is 0 Å². The molecule has 0 unspecified atom stereocenters. The van der Waals surface area contributed by atoms with Crippen molar-refractivity contribution in [3.8, 4) is 5.75 Å². The molecule has 3 aromatic carbocycles. The zero-order valence-corrected chi connectivity index (χ0v) is 13.5.